The van der Waals surface area contributed by atoms with E-state index in [-0.39, 0.29) is 24.3 Å². The molecule has 2 amide bonds. The van der Waals surface area contributed by atoms with Gasteiger partial charge in [-0.3, -0.25) is 14.5 Å². The molecule has 3 aromatic rings. The molecule has 0 bridgehead atoms. The summed E-state index contributed by atoms with van der Waals surface area (Å²) in [5.74, 6) is 1.15. The molecular weight excluding hydrogens is 502 g/mol. The maximum Gasteiger partial charge on any atom is 0.293 e. The van der Waals surface area contributed by atoms with Crippen LogP contribution in [0.25, 0.3) is 6.08 Å². The van der Waals surface area contributed by atoms with Crippen molar-refractivity contribution in [2.24, 2.45) is 0 Å². The third kappa shape index (κ3) is 6.27. The molecule has 1 aliphatic heterocycles. The van der Waals surface area contributed by atoms with Gasteiger partial charge in [-0.15, -0.1) is 0 Å². The lowest BCUT2D eigenvalue weighted by molar-refractivity contribution is -0.123. The summed E-state index contributed by atoms with van der Waals surface area (Å²) >= 11 is 4.36. The van der Waals surface area contributed by atoms with Crippen LogP contribution in [0, 0.1) is 6.92 Å². The quantitative estimate of drug-likeness (QED) is 0.317. The maximum absolute atomic E-state index is 12.7. The highest BCUT2D eigenvalue weighted by atomic mass is 79.9. The molecular formula is C26H22BrNO4S. The number of aryl methyl sites for hydroxylation is 1. The second-order valence-corrected chi connectivity index (χ2v) is 9.39. The van der Waals surface area contributed by atoms with Gasteiger partial charge in [-0.1, -0.05) is 57.9 Å². The first-order valence-corrected chi connectivity index (χ1v) is 12.0. The first-order valence-electron chi connectivity index (χ1n) is 10.4. The molecule has 0 N–H and O–H groups in total. The summed E-state index contributed by atoms with van der Waals surface area (Å²) in [5, 5.41) is -0.284. The Morgan fingerprint density at radius 2 is 1.52 bits per heavy atom. The van der Waals surface area contributed by atoms with E-state index >= 15 is 0 Å². The SMILES string of the molecule is Cc1ccc(OCCN2C(=O)S/C(=C\c3ccc(OCc4ccc(Br)cc4)cc3)C2=O)cc1. The number of carbonyl (C=O) groups is 2. The van der Waals surface area contributed by atoms with Crippen LogP contribution in [-0.2, 0) is 11.4 Å². The van der Waals surface area contributed by atoms with Crippen molar-refractivity contribution in [1.82, 2.24) is 4.90 Å². The van der Waals surface area contributed by atoms with E-state index in [4.69, 9.17) is 9.47 Å². The molecule has 0 unspecified atom stereocenters. The zero-order valence-corrected chi connectivity index (χ0v) is 20.4. The standard InChI is InChI=1S/C26H22BrNO4S/c1-18-2-10-22(11-3-18)31-15-14-28-25(29)24(33-26(28)30)16-19-6-12-23(13-7-19)32-17-20-4-8-21(27)9-5-20/h2-13,16H,14-15,17H2,1H3/b24-16-. The van der Waals surface area contributed by atoms with Gasteiger partial charge in [0, 0.05) is 4.47 Å². The number of hydrogen-bond donors (Lipinski definition) is 0. The van der Waals surface area contributed by atoms with Gasteiger partial charge in [0.15, 0.2) is 0 Å². The van der Waals surface area contributed by atoms with Crippen LogP contribution in [0.15, 0.2) is 82.2 Å². The molecule has 168 valence electrons. The molecule has 7 heteroatoms. The van der Waals surface area contributed by atoms with Crippen molar-refractivity contribution >= 4 is 44.9 Å². The fourth-order valence-electron chi connectivity index (χ4n) is 3.14. The van der Waals surface area contributed by atoms with Crippen LogP contribution < -0.4 is 9.47 Å². The minimum atomic E-state index is -0.298. The van der Waals surface area contributed by atoms with E-state index in [9.17, 15) is 9.59 Å². The van der Waals surface area contributed by atoms with Crippen molar-refractivity contribution in [1.29, 1.82) is 0 Å². The first-order chi connectivity index (χ1) is 16.0. The predicted octanol–water partition coefficient (Wildman–Crippen LogP) is 6.45. The number of halogens is 1. The second kappa shape index (κ2) is 10.7. The summed E-state index contributed by atoms with van der Waals surface area (Å²) in [4.78, 5) is 26.6. The van der Waals surface area contributed by atoms with Crippen molar-refractivity contribution in [3.05, 3.63) is 98.9 Å². The van der Waals surface area contributed by atoms with E-state index in [1.807, 2.05) is 79.7 Å². The Morgan fingerprint density at radius 3 is 2.21 bits per heavy atom. The fraction of sp³-hybridized carbons (Fsp3) is 0.154. The summed E-state index contributed by atoms with van der Waals surface area (Å²) in [7, 11) is 0. The molecule has 1 saturated heterocycles. The number of nitrogens with zero attached hydrogens (tertiary/aromatic N) is 1. The summed E-state index contributed by atoms with van der Waals surface area (Å²) in [5.41, 5.74) is 3.04. The summed E-state index contributed by atoms with van der Waals surface area (Å²) in [6.45, 7) is 2.93. The first kappa shape index (κ1) is 23.1. The second-order valence-electron chi connectivity index (χ2n) is 7.48. The van der Waals surface area contributed by atoms with Crippen molar-refractivity contribution in [3.8, 4) is 11.5 Å². The Balaban J connectivity index is 1.31. The van der Waals surface area contributed by atoms with E-state index in [1.165, 1.54) is 4.90 Å². The normalized spacial score (nSPS) is 14.7. The Hall–Kier alpha value is -3.03. The van der Waals surface area contributed by atoms with Gasteiger partial charge in [0.05, 0.1) is 11.4 Å². The molecule has 0 radical (unpaired) electrons. The molecule has 0 saturated carbocycles. The van der Waals surface area contributed by atoms with Gasteiger partial charge in [-0.25, -0.2) is 0 Å². The van der Waals surface area contributed by atoms with Gasteiger partial charge in [0.1, 0.15) is 24.7 Å². The van der Waals surface area contributed by atoms with Gasteiger partial charge >= 0.3 is 0 Å². The van der Waals surface area contributed by atoms with E-state index in [2.05, 4.69) is 15.9 Å². The Kier molecular flexibility index (Phi) is 7.52. The number of amides is 2. The molecule has 1 fully saturated rings. The van der Waals surface area contributed by atoms with Crippen LogP contribution in [0.5, 0.6) is 11.5 Å². The zero-order chi connectivity index (χ0) is 23.2. The van der Waals surface area contributed by atoms with Crippen molar-refractivity contribution in [3.63, 3.8) is 0 Å². The molecule has 33 heavy (non-hydrogen) atoms. The average Bonchev–Trinajstić information content (AvgIpc) is 3.08. The number of rotatable bonds is 8. The number of carbonyl (C=O) groups excluding carboxylic acids is 2. The van der Waals surface area contributed by atoms with Crippen LogP contribution in [0.2, 0.25) is 0 Å². The van der Waals surface area contributed by atoms with Gasteiger partial charge in [0.25, 0.3) is 11.1 Å². The number of ether oxygens (including phenoxy) is 2. The number of thioether (sulfide) groups is 1. The Morgan fingerprint density at radius 1 is 0.879 bits per heavy atom. The van der Waals surface area contributed by atoms with Crippen molar-refractivity contribution in [2.45, 2.75) is 13.5 Å². The molecule has 0 aromatic heterocycles. The summed E-state index contributed by atoms with van der Waals surface area (Å²) < 4.78 is 12.5. The van der Waals surface area contributed by atoms with Gasteiger partial charge in [0.2, 0.25) is 0 Å². The van der Waals surface area contributed by atoms with E-state index in [1.54, 1.807) is 6.08 Å². The molecule has 0 atom stereocenters. The lowest BCUT2D eigenvalue weighted by atomic mass is 10.2. The number of imide groups is 1. The largest absolute Gasteiger partial charge is 0.492 e. The van der Waals surface area contributed by atoms with Crippen LogP contribution in [0.3, 0.4) is 0 Å². The Labute approximate surface area is 205 Å². The maximum atomic E-state index is 12.7. The van der Waals surface area contributed by atoms with Crippen LogP contribution in [0.1, 0.15) is 16.7 Å². The lowest BCUT2D eigenvalue weighted by Crippen LogP contribution is -2.32. The highest BCUT2D eigenvalue weighted by molar-refractivity contribution is 9.10. The van der Waals surface area contributed by atoms with Crippen molar-refractivity contribution in [2.75, 3.05) is 13.2 Å². The zero-order valence-electron chi connectivity index (χ0n) is 18.0. The van der Waals surface area contributed by atoms with Crippen LogP contribution >= 0.6 is 27.7 Å². The minimum Gasteiger partial charge on any atom is -0.492 e. The third-order valence-corrected chi connectivity index (χ3v) is 6.41. The number of hydrogen-bond acceptors (Lipinski definition) is 5. The highest BCUT2D eigenvalue weighted by Crippen LogP contribution is 2.32. The third-order valence-electron chi connectivity index (χ3n) is 4.97. The topological polar surface area (TPSA) is 55.8 Å². The number of benzene rings is 3. The van der Waals surface area contributed by atoms with Gasteiger partial charge in [-0.2, -0.15) is 0 Å². The van der Waals surface area contributed by atoms with Gasteiger partial charge < -0.3 is 9.47 Å². The predicted molar refractivity (Wildman–Crippen MR) is 134 cm³/mol. The molecule has 1 heterocycles. The molecule has 0 spiro atoms. The van der Waals surface area contributed by atoms with E-state index in [0.717, 1.165) is 38.7 Å². The summed E-state index contributed by atoms with van der Waals surface area (Å²) in [6.07, 6.45) is 1.73. The highest BCUT2D eigenvalue weighted by Gasteiger charge is 2.34. The average molecular weight is 524 g/mol. The van der Waals surface area contributed by atoms with Gasteiger partial charge in [-0.05, 0) is 72.3 Å². The molecule has 0 aliphatic carbocycles. The smallest absolute Gasteiger partial charge is 0.293 e. The molecule has 5 nitrogen and oxygen atoms in total. The fourth-order valence-corrected chi connectivity index (χ4v) is 4.27. The summed E-state index contributed by atoms with van der Waals surface area (Å²) in [6, 6.07) is 23.0. The monoisotopic (exact) mass is 523 g/mol. The van der Waals surface area contributed by atoms with E-state index < -0.39 is 0 Å². The lowest BCUT2D eigenvalue weighted by Gasteiger charge is -2.13. The van der Waals surface area contributed by atoms with Crippen LogP contribution in [-0.4, -0.2) is 29.2 Å². The molecule has 3 aromatic carbocycles. The molecule has 1 aliphatic rings. The van der Waals surface area contributed by atoms with E-state index in [0.29, 0.717) is 17.3 Å². The van der Waals surface area contributed by atoms with Crippen LogP contribution in [0.4, 0.5) is 4.79 Å². The molecule has 4 rings (SSSR count). The Bertz CT molecular complexity index is 1160. The van der Waals surface area contributed by atoms with Crippen molar-refractivity contribution < 1.29 is 19.1 Å². The minimum absolute atomic E-state index is 0.207.